The molecular weight excluding hydrogens is 294 g/mol. The minimum Gasteiger partial charge on any atom is -0.481 e. The molecule has 126 valence electrons. The van der Waals surface area contributed by atoms with Crippen LogP contribution >= 0.6 is 0 Å². The number of amides is 1. The zero-order valence-electron chi connectivity index (χ0n) is 14.2. The van der Waals surface area contributed by atoms with E-state index in [-0.39, 0.29) is 12.5 Å². The van der Waals surface area contributed by atoms with Crippen molar-refractivity contribution in [1.29, 1.82) is 0 Å². The van der Waals surface area contributed by atoms with Gasteiger partial charge >= 0.3 is 12.1 Å². The third kappa shape index (κ3) is 4.71. The molecule has 0 radical (unpaired) electrons. The molecule has 0 aromatic heterocycles. The molecule has 1 aromatic rings. The molecule has 1 fully saturated rings. The minimum absolute atomic E-state index is 0.0120. The van der Waals surface area contributed by atoms with Gasteiger partial charge in [-0.1, -0.05) is 29.8 Å². The van der Waals surface area contributed by atoms with Crippen LogP contribution < -0.4 is 0 Å². The number of carboxylic acids is 1. The first kappa shape index (κ1) is 17.3. The van der Waals surface area contributed by atoms with E-state index in [4.69, 9.17) is 4.74 Å². The fraction of sp³-hybridized carbons (Fsp3) is 0.556. The van der Waals surface area contributed by atoms with Gasteiger partial charge in [0.15, 0.2) is 0 Å². The highest BCUT2D eigenvalue weighted by Gasteiger charge is 2.36. The molecule has 1 N–H and O–H groups in total. The maximum Gasteiger partial charge on any atom is 0.410 e. The lowest BCUT2D eigenvalue weighted by Gasteiger charge is -2.37. The number of piperidine rings is 1. The molecule has 1 aliphatic heterocycles. The van der Waals surface area contributed by atoms with Crippen LogP contribution in [0.15, 0.2) is 24.3 Å². The molecule has 1 heterocycles. The summed E-state index contributed by atoms with van der Waals surface area (Å²) >= 11 is 0. The molecule has 0 spiro atoms. The first-order valence-electron chi connectivity index (χ1n) is 7.93. The molecule has 2 rings (SSSR count). The average Bonchev–Trinajstić information content (AvgIpc) is 2.45. The van der Waals surface area contributed by atoms with Gasteiger partial charge in [-0.3, -0.25) is 4.79 Å². The van der Waals surface area contributed by atoms with Crippen LogP contribution in [0.25, 0.3) is 0 Å². The Morgan fingerprint density at radius 1 is 1.17 bits per heavy atom. The van der Waals surface area contributed by atoms with E-state index in [1.54, 1.807) is 20.8 Å². The van der Waals surface area contributed by atoms with Crippen LogP contribution in [0.4, 0.5) is 4.79 Å². The van der Waals surface area contributed by atoms with Gasteiger partial charge < -0.3 is 14.7 Å². The highest BCUT2D eigenvalue weighted by Crippen LogP contribution is 2.31. The highest BCUT2D eigenvalue weighted by atomic mass is 16.6. The van der Waals surface area contributed by atoms with Crippen molar-refractivity contribution in [3.05, 3.63) is 35.4 Å². The number of hydrogen-bond acceptors (Lipinski definition) is 3. The fourth-order valence-corrected chi connectivity index (χ4v) is 2.83. The molecule has 1 aliphatic rings. The van der Waals surface area contributed by atoms with Gasteiger partial charge in [-0.15, -0.1) is 0 Å². The van der Waals surface area contributed by atoms with E-state index >= 15 is 0 Å². The number of benzene rings is 1. The first-order valence-corrected chi connectivity index (χ1v) is 7.93. The van der Waals surface area contributed by atoms with E-state index in [2.05, 4.69) is 0 Å². The number of aliphatic carboxylic acids is 1. The van der Waals surface area contributed by atoms with E-state index < -0.39 is 23.6 Å². The molecule has 1 amide bonds. The zero-order valence-corrected chi connectivity index (χ0v) is 14.2. The van der Waals surface area contributed by atoms with Crippen molar-refractivity contribution < 1.29 is 19.4 Å². The van der Waals surface area contributed by atoms with Crippen molar-refractivity contribution in [3.8, 4) is 0 Å². The van der Waals surface area contributed by atoms with Crippen LogP contribution in [0.1, 0.15) is 44.2 Å². The summed E-state index contributed by atoms with van der Waals surface area (Å²) in [5, 5.41) is 9.40. The number of carbonyl (C=O) groups excluding carboxylic acids is 1. The van der Waals surface area contributed by atoms with Gasteiger partial charge in [-0.2, -0.15) is 0 Å². The summed E-state index contributed by atoms with van der Waals surface area (Å²) < 4.78 is 5.40. The lowest BCUT2D eigenvalue weighted by molar-refractivity contribution is -0.143. The van der Waals surface area contributed by atoms with Crippen molar-refractivity contribution >= 4 is 12.1 Å². The monoisotopic (exact) mass is 319 g/mol. The van der Waals surface area contributed by atoms with Crippen LogP contribution in [-0.2, 0) is 9.53 Å². The number of carboxylic acid groups (broad SMARTS) is 1. The van der Waals surface area contributed by atoms with Crippen molar-refractivity contribution in [2.24, 2.45) is 5.92 Å². The third-order valence-corrected chi connectivity index (χ3v) is 4.00. The largest absolute Gasteiger partial charge is 0.481 e. The van der Waals surface area contributed by atoms with Gasteiger partial charge in [0.05, 0.1) is 5.92 Å². The van der Waals surface area contributed by atoms with Gasteiger partial charge in [-0.25, -0.2) is 4.79 Å². The third-order valence-electron chi connectivity index (χ3n) is 4.00. The molecule has 0 saturated carbocycles. The highest BCUT2D eigenvalue weighted by molar-refractivity contribution is 5.73. The summed E-state index contributed by atoms with van der Waals surface area (Å²) in [7, 11) is 0. The van der Waals surface area contributed by atoms with Gasteiger partial charge in [0.1, 0.15) is 5.60 Å². The van der Waals surface area contributed by atoms with Crippen LogP contribution in [0.3, 0.4) is 0 Å². The summed E-state index contributed by atoms with van der Waals surface area (Å²) in [5.41, 5.74) is 1.63. The van der Waals surface area contributed by atoms with Crippen LogP contribution in [0.5, 0.6) is 0 Å². The Morgan fingerprint density at radius 2 is 1.78 bits per heavy atom. The van der Waals surface area contributed by atoms with Gasteiger partial charge in [0.2, 0.25) is 0 Å². The number of likely N-dealkylation sites (tertiary alicyclic amines) is 1. The smallest absolute Gasteiger partial charge is 0.410 e. The van der Waals surface area contributed by atoms with Crippen LogP contribution in [-0.4, -0.2) is 40.8 Å². The summed E-state index contributed by atoms with van der Waals surface area (Å²) in [5.74, 6) is -1.42. The topological polar surface area (TPSA) is 66.8 Å². The van der Waals surface area contributed by atoms with Gasteiger partial charge in [0, 0.05) is 19.0 Å². The van der Waals surface area contributed by atoms with E-state index in [1.807, 2.05) is 31.2 Å². The van der Waals surface area contributed by atoms with Crippen molar-refractivity contribution in [2.45, 2.75) is 45.6 Å². The van der Waals surface area contributed by atoms with Crippen LogP contribution in [0.2, 0.25) is 0 Å². The van der Waals surface area contributed by atoms with Crippen molar-refractivity contribution in [3.63, 3.8) is 0 Å². The molecule has 0 aliphatic carbocycles. The SMILES string of the molecule is Cc1ccc(C2CC(C(=O)O)CN(C(=O)OC(C)(C)C)C2)cc1. The summed E-state index contributed by atoms with van der Waals surface area (Å²) in [6.07, 6.45) is 0.0955. The zero-order chi connectivity index (χ0) is 17.2. The maximum atomic E-state index is 12.3. The Hall–Kier alpha value is -2.04. The molecule has 23 heavy (non-hydrogen) atoms. The van der Waals surface area contributed by atoms with Gasteiger partial charge in [-0.05, 0) is 39.7 Å². The second kappa shape index (κ2) is 6.60. The fourth-order valence-electron chi connectivity index (χ4n) is 2.83. The predicted octanol–water partition coefficient (Wildman–Crippen LogP) is 3.42. The molecule has 5 nitrogen and oxygen atoms in total. The lowest BCUT2D eigenvalue weighted by atomic mass is 9.84. The van der Waals surface area contributed by atoms with Crippen molar-refractivity contribution in [2.75, 3.05) is 13.1 Å². The second-order valence-electron chi connectivity index (χ2n) is 7.26. The molecule has 1 saturated heterocycles. The molecule has 1 aromatic carbocycles. The summed E-state index contributed by atoms with van der Waals surface area (Å²) in [4.78, 5) is 25.3. The molecule has 5 heteroatoms. The molecule has 2 unspecified atom stereocenters. The van der Waals surface area contributed by atoms with Gasteiger partial charge in [0.25, 0.3) is 0 Å². The molecule has 2 atom stereocenters. The maximum absolute atomic E-state index is 12.3. The van der Waals surface area contributed by atoms with E-state index in [0.717, 1.165) is 11.1 Å². The standard InChI is InChI=1S/C18H25NO4/c1-12-5-7-13(8-6-12)14-9-15(16(20)21)11-19(10-14)17(22)23-18(2,3)4/h5-8,14-15H,9-11H2,1-4H3,(H,20,21). The Balaban J connectivity index is 2.18. The van der Waals surface area contributed by atoms with E-state index in [1.165, 1.54) is 4.90 Å². The normalized spacial score (nSPS) is 21.8. The van der Waals surface area contributed by atoms with E-state index in [0.29, 0.717) is 13.0 Å². The quantitative estimate of drug-likeness (QED) is 0.907. The number of hydrogen-bond donors (Lipinski definition) is 1. The number of ether oxygens (including phenoxy) is 1. The summed E-state index contributed by atoms with van der Waals surface area (Å²) in [6.45, 7) is 8.12. The van der Waals surface area contributed by atoms with Crippen LogP contribution in [0, 0.1) is 12.8 Å². The second-order valence-corrected chi connectivity index (χ2v) is 7.26. The number of carbonyl (C=O) groups is 2. The molecular formula is C18H25NO4. The molecule has 0 bridgehead atoms. The lowest BCUT2D eigenvalue weighted by Crippen LogP contribution is -2.47. The Labute approximate surface area is 137 Å². The minimum atomic E-state index is -0.865. The number of aryl methyl sites for hydroxylation is 1. The Bertz CT molecular complexity index is 574. The number of nitrogens with zero attached hydrogens (tertiary/aromatic N) is 1. The first-order chi connectivity index (χ1) is 10.7. The Morgan fingerprint density at radius 3 is 2.30 bits per heavy atom. The van der Waals surface area contributed by atoms with Crippen molar-refractivity contribution in [1.82, 2.24) is 4.90 Å². The van der Waals surface area contributed by atoms with E-state index in [9.17, 15) is 14.7 Å². The average molecular weight is 319 g/mol. The Kier molecular flexibility index (Phi) is 4.97. The predicted molar refractivity (Wildman–Crippen MR) is 87.5 cm³/mol. The number of rotatable bonds is 2. The summed E-state index contributed by atoms with van der Waals surface area (Å²) in [6, 6.07) is 8.05.